The van der Waals surface area contributed by atoms with Gasteiger partial charge >= 0.3 is 0 Å². The van der Waals surface area contributed by atoms with E-state index in [1.54, 1.807) is 12.4 Å². The normalized spacial score (nSPS) is 14.8. The van der Waals surface area contributed by atoms with E-state index in [4.69, 9.17) is 10.2 Å². The molecule has 8 heteroatoms. The average Bonchev–Trinajstić information content (AvgIpc) is 3.14. The van der Waals surface area contributed by atoms with E-state index in [2.05, 4.69) is 37.4 Å². The van der Waals surface area contributed by atoms with Gasteiger partial charge < -0.3 is 9.47 Å². The molecule has 2 aromatic carbocycles. The molecule has 0 aliphatic carbocycles. The summed E-state index contributed by atoms with van der Waals surface area (Å²) in [7, 11) is 2.79. The Hall–Kier alpha value is -2.55. The van der Waals surface area contributed by atoms with Crippen molar-refractivity contribution in [2.45, 2.75) is 51.1 Å². The minimum absolute atomic E-state index is 0.0669. The zero-order chi connectivity index (χ0) is 25.0. The van der Waals surface area contributed by atoms with Crippen molar-refractivity contribution in [2.75, 3.05) is 20.6 Å². The van der Waals surface area contributed by atoms with Crippen molar-refractivity contribution in [3.63, 3.8) is 0 Å². The molecule has 3 aromatic rings. The third kappa shape index (κ3) is 6.11. The number of rotatable bonds is 10. The number of hydrogen-bond donors (Lipinski definition) is 2. The molecule has 1 heterocycles. The van der Waals surface area contributed by atoms with E-state index in [1.165, 1.54) is 0 Å². The molecule has 0 bridgehead atoms. The number of carbonyl (C=O) groups is 1. The van der Waals surface area contributed by atoms with Gasteiger partial charge in [-0.3, -0.25) is 14.2 Å². The van der Waals surface area contributed by atoms with Gasteiger partial charge in [-0.1, -0.05) is 64.1 Å². The Morgan fingerprint density at radius 1 is 1.18 bits per heavy atom. The van der Waals surface area contributed by atoms with Crippen molar-refractivity contribution >= 4 is 27.7 Å². The summed E-state index contributed by atoms with van der Waals surface area (Å²) >= 11 is 0. The minimum atomic E-state index is -1.32. The molecule has 0 aliphatic heterocycles. The van der Waals surface area contributed by atoms with Crippen LogP contribution < -0.4 is 5.48 Å². The smallest absolute Gasteiger partial charge is 0.246 e. The molecule has 184 valence electrons. The second-order valence-electron chi connectivity index (χ2n) is 10.2. The first-order valence-corrected chi connectivity index (χ1v) is 12.9. The van der Waals surface area contributed by atoms with Crippen molar-refractivity contribution in [3.8, 4) is 0 Å². The molecule has 7 nitrogen and oxygen atoms in total. The van der Waals surface area contributed by atoms with Gasteiger partial charge in [-0.05, 0) is 48.7 Å². The lowest BCUT2D eigenvalue weighted by Crippen LogP contribution is -2.33. The van der Waals surface area contributed by atoms with Gasteiger partial charge in [0.05, 0.1) is 27.6 Å². The van der Waals surface area contributed by atoms with Crippen LogP contribution in [0.1, 0.15) is 44.7 Å². The maximum Gasteiger partial charge on any atom is 0.246 e. The monoisotopic (exact) mass is 484 g/mol. The standard InChI is InChI=1S/C26H36N4O3S/c1-18(19(2)24(31)28-32)21-12-13-23-22(14-21)27-25(30(23)17-26(3,4)16-29(5)6)34(33)15-20-10-8-7-9-11-20/h7-14,18-19,32H,15-17H2,1-6H3,(H,28,31)/t18?,19-,34?/m1/s1. The number of nitrogens with one attached hydrogen (secondary N) is 1. The van der Waals surface area contributed by atoms with Gasteiger partial charge in [0, 0.05) is 19.0 Å². The molecule has 3 atom stereocenters. The number of fused-ring (bicyclic) bond motifs is 1. The summed E-state index contributed by atoms with van der Waals surface area (Å²) < 4.78 is 15.6. The number of nitrogens with zero attached hydrogens (tertiary/aromatic N) is 3. The molecule has 0 aliphatic rings. The first-order valence-electron chi connectivity index (χ1n) is 11.5. The van der Waals surface area contributed by atoms with Gasteiger partial charge in [-0.15, -0.1) is 0 Å². The molecule has 0 saturated heterocycles. The fraction of sp³-hybridized carbons (Fsp3) is 0.462. The van der Waals surface area contributed by atoms with Crippen LogP contribution in [0.3, 0.4) is 0 Å². The fourth-order valence-electron chi connectivity index (χ4n) is 4.48. The predicted octanol–water partition coefficient (Wildman–Crippen LogP) is 4.18. The Labute approximate surface area is 204 Å². The lowest BCUT2D eigenvalue weighted by molar-refractivity contribution is -0.133. The summed E-state index contributed by atoms with van der Waals surface area (Å²) in [5.41, 5.74) is 5.32. The molecule has 2 N–H and O–H groups in total. The van der Waals surface area contributed by atoms with Crippen LogP contribution in [0, 0.1) is 11.3 Å². The topological polar surface area (TPSA) is 87.5 Å². The largest absolute Gasteiger partial charge is 0.316 e. The Morgan fingerprint density at radius 2 is 1.85 bits per heavy atom. The van der Waals surface area contributed by atoms with Crippen molar-refractivity contribution < 1.29 is 14.2 Å². The van der Waals surface area contributed by atoms with Gasteiger partial charge in [-0.2, -0.15) is 0 Å². The highest BCUT2D eigenvalue weighted by Gasteiger charge is 2.27. The Kier molecular flexibility index (Phi) is 8.28. The highest BCUT2D eigenvalue weighted by molar-refractivity contribution is 7.84. The number of carbonyl (C=O) groups excluding carboxylic acids is 1. The molecule has 0 fully saturated rings. The molecule has 0 saturated carbocycles. The maximum atomic E-state index is 13.5. The van der Waals surface area contributed by atoms with Crippen molar-refractivity contribution in [2.24, 2.45) is 11.3 Å². The van der Waals surface area contributed by atoms with Crippen molar-refractivity contribution in [1.29, 1.82) is 0 Å². The summed E-state index contributed by atoms with van der Waals surface area (Å²) in [4.78, 5) is 18.9. The zero-order valence-corrected chi connectivity index (χ0v) is 21.7. The summed E-state index contributed by atoms with van der Waals surface area (Å²) in [6.45, 7) is 9.69. The number of imidazole rings is 1. The zero-order valence-electron chi connectivity index (χ0n) is 20.9. The number of hydrogen-bond acceptors (Lipinski definition) is 5. The Bertz CT molecular complexity index is 1160. The summed E-state index contributed by atoms with van der Waals surface area (Å²) in [5.74, 6) is -0.552. The second-order valence-corrected chi connectivity index (χ2v) is 11.5. The van der Waals surface area contributed by atoms with Gasteiger partial charge in [0.1, 0.15) is 0 Å². The number of benzene rings is 2. The van der Waals surface area contributed by atoms with Crippen LogP contribution in [-0.2, 0) is 27.9 Å². The van der Waals surface area contributed by atoms with E-state index < -0.39 is 22.6 Å². The van der Waals surface area contributed by atoms with Gasteiger partial charge in [0.25, 0.3) is 0 Å². The highest BCUT2D eigenvalue weighted by Crippen LogP contribution is 2.31. The van der Waals surface area contributed by atoms with E-state index in [-0.39, 0.29) is 11.3 Å². The van der Waals surface area contributed by atoms with Gasteiger partial charge in [-0.25, -0.2) is 10.5 Å². The highest BCUT2D eigenvalue weighted by atomic mass is 32.2. The SMILES string of the molecule is CC(c1ccc2c(c1)nc(S(=O)Cc1ccccc1)n2CC(C)(C)CN(C)C)[C@@H](C)C(=O)NO. The van der Waals surface area contributed by atoms with Crippen LogP contribution >= 0.6 is 0 Å². The Morgan fingerprint density at radius 3 is 2.47 bits per heavy atom. The number of amides is 1. The molecule has 0 spiro atoms. The van der Waals surface area contributed by atoms with Crippen molar-refractivity contribution in [3.05, 3.63) is 59.7 Å². The van der Waals surface area contributed by atoms with Gasteiger partial charge in [0.2, 0.25) is 5.91 Å². The first kappa shape index (κ1) is 26.1. The molecule has 3 rings (SSSR count). The third-order valence-electron chi connectivity index (χ3n) is 6.21. The second kappa shape index (κ2) is 10.8. The van der Waals surface area contributed by atoms with Crippen LogP contribution in [0.5, 0.6) is 0 Å². The van der Waals surface area contributed by atoms with E-state index in [0.717, 1.165) is 28.7 Å². The predicted molar refractivity (Wildman–Crippen MR) is 136 cm³/mol. The number of aromatic nitrogens is 2. The third-order valence-corrected chi connectivity index (χ3v) is 7.53. The van der Waals surface area contributed by atoms with E-state index in [1.807, 2.05) is 55.5 Å². The molecular weight excluding hydrogens is 448 g/mol. The molecule has 0 radical (unpaired) electrons. The van der Waals surface area contributed by atoms with Crippen LogP contribution in [0.4, 0.5) is 0 Å². The summed E-state index contributed by atoms with van der Waals surface area (Å²) in [5, 5.41) is 9.58. The Balaban J connectivity index is 2.04. The minimum Gasteiger partial charge on any atom is -0.316 e. The first-order chi connectivity index (χ1) is 16.0. The lowest BCUT2D eigenvalue weighted by Gasteiger charge is -2.29. The van der Waals surface area contributed by atoms with Crippen LogP contribution in [-0.4, -0.2) is 50.4 Å². The molecule has 1 aromatic heterocycles. The molecule has 34 heavy (non-hydrogen) atoms. The van der Waals surface area contributed by atoms with Crippen LogP contribution in [0.15, 0.2) is 53.7 Å². The van der Waals surface area contributed by atoms with E-state index in [9.17, 15) is 9.00 Å². The van der Waals surface area contributed by atoms with Crippen LogP contribution in [0.2, 0.25) is 0 Å². The quantitative estimate of drug-likeness (QED) is 0.333. The lowest BCUT2D eigenvalue weighted by atomic mass is 9.88. The summed E-state index contributed by atoms with van der Waals surface area (Å²) in [6, 6.07) is 15.8. The molecule has 1 amide bonds. The van der Waals surface area contributed by atoms with E-state index >= 15 is 0 Å². The van der Waals surface area contributed by atoms with E-state index in [0.29, 0.717) is 17.5 Å². The number of hydroxylamine groups is 1. The molecule has 2 unspecified atom stereocenters. The average molecular weight is 485 g/mol. The van der Waals surface area contributed by atoms with Crippen LogP contribution in [0.25, 0.3) is 11.0 Å². The maximum absolute atomic E-state index is 13.5. The van der Waals surface area contributed by atoms with Gasteiger partial charge in [0.15, 0.2) is 5.16 Å². The molecular formula is C26H36N4O3S. The summed E-state index contributed by atoms with van der Waals surface area (Å²) in [6.07, 6.45) is 0. The fourth-order valence-corrected chi connectivity index (χ4v) is 5.71. The van der Waals surface area contributed by atoms with Crippen molar-refractivity contribution in [1.82, 2.24) is 19.9 Å².